The van der Waals surface area contributed by atoms with Crippen molar-refractivity contribution in [2.24, 2.45) is 17.8 Å². The molecule has 0 saturated heterocycles. The van der Waals surface area contributed by atoms with Crippen molar-refractivity contribution in [3.05, 3.63) is 5.89 Å². The maximum absolute atomic E-state index is 5.72. The normalized spacial score (nSPS) is 27.4. The molecule has 1 aromatic rings. The lowest BCUT2D eigenvalue weighted by molar-refractivity contribution is 0.198. The molecule has 3 atom stereocenters. The Hall–Kier alpha value is -1.14. The van der Waals surface area contributed by atoms with Crippen molar-refractivity contribution < 1.29 is 9.15 Å². The van der Waals surface area contributed by atoms with E-state index in [2.05, 4.69) is 27.5 Å². The van der Waals surface area contributed by atoms with Crippen LogP contribution >= 0.6 is 0 Å². The second kappa shape index (κ2) is 6.75. The van der Waals surface area contributed by atoms with E-state index in [9.17, 15) is 0 Å². The van der Waals surface area contributed by atoms with E-state index in [1.807, 2.05) is 0 Å². The zero-order valence-corrected chi connectivity index (χ0v) is 13.0. The molecule has 6 nitrogen and oxygen atoms in total. The molecule has 1 heterocycles. The number of ether oxygens (including phenoxy) is 1. The number of aromatic nitrogens is 2. The monoisotopic (exact) mass is 294 g/mol. The van der Waals surface area contributed by atoms with Crippen LogP contribution < -0.4 is 10.2 Å². The van der Waals surface area contributed by atoms with Gasteiger partial charge in [-0.3, -0.25) is 0 Å². The van der Waals surface area contributed by atoms with Crippen molar-refractivity contribution in [2.75, 3.05) is 38.8 Å². The Labute approximate surface area is 126 Å². The molecule has 2 aliphatic rings. The highest BCUT2D eigenvalue weighted by molar-refractivity contribution is 5.22. The Bertz CT molecular complexity index is 451. The van der Waals surface area contributed by atoms with Gasteiger partial charge < -0.3 is 19.4 Å². The Morgan fingerprint density at radius 2 is 2.24 bits per heavy atom. The Kier molecular flexibility index (Phi) is 4.75. The number of hydrogen-bond acceptors (Lipinski definition) is 6. The van der Waals surface area contributed by atoms with Crippen LogP contribution in [-0.4, -0.2) is 44.1 Å². The van der Waals surface area contributed by atoms with Gasteiger partial charge in [0.25, 0.3) is 0 Å². The van der Waals surface area contributed by atoms with Crippen molar-refractivity contribution in [3.8, 4) is 0 Å². The third-order valence-electron chi connectivity index (χ3n) is 4.93. The van der Waals surface area contributed by atoms with Gasteiger partial charge in [0.2, 0.25) is 5.89 Å². The highest BCUT2D eigenvalue weighted by atomic mass is 16.5. The molecule has 0 radical (unpaired) electrons. The van der Waals surface area contributed by atoms with Gasteiger partial charge >= 0.3 is 6.01 Å². The van der Waals surface area contributed by atoms with Crippen LogP contribution in [0.3, 0.4) is 0 Å². The molecule has 0 aliphatic heterocycles. The summed E-state index contributed by atoms with van der Waals surface area (Å²) < 4.78 is 10.7. The summed E-state index contributed by atoms with van der Waals surface area (Å²) >= 11 is 0. The summed E-state index contributed by atoms with van der Waals surface area (Å²) in [5, 5.41) is 11.5. The van der Waals surface area contributed by atoms with Gasteiger partial charge in [0.15, 0.2) is 0 Å². The number of methoxy groups -OCH3 is 1. The number of fused-ring (bicyclic) bond motifs is 2. The molecule has 1 aromatic heterocycles. The zero-order chi connectivity index (χ0) is 14.7. The minimum atomic E-state index is 0.596. The summed E-state index contributed by atoms with van der Waals surface area (Å²) in [6.07, 6.45) is 5.69. The lowest BCUT2D eigenvalue weighted by Crippen LogP contribution is -2.28. The highest BCUT2D eigenvalue weighted by Crippen LogP contribution is 2.48. The highest BCUT2D eigenvalue weighted by Gasteiger charge is 2.40. The van der Waals surface area contributed by atoms with Gasteiger partial charge in [-0.2, -0.15) is 0 Å². The van der Waals surface area contributed by atoms with Gasteiger partial charge in [-0.05, 0) is 37.0 Å². The average Bonchev–Trinajstić information content (AvgIpc) is 3.19. The van der Waals surface area contributed by atoms with Crippen molar-refractivity contribution in [2.45, 2.75) is 32.2 Å². The summed E-state index contributed by atoms with van der Waals surface area (Å²) in [6.45, 7) is 3.11. The van der Waals surface area contributed by atoms with Crippen molar-refractivity contribution >= 4 is 6.01 Å². The van der Waals surface area contributed by atoms with Crippen LogP contribution in [0.2, 0.25) is 0 Å². The van der Waals surface area contributed by atoms with Crippen LogP contribution in [0.15, 0.2) is 4.42 Å². The van der Waals surface area contributed by atoms with Gasteiger partial charge in [-0.25, -0.2) is 0 Å². The van der Waals surface area contributed by atoms with Crippen LogP contribution in [0, 0.1) is 17.8 Å². The molecule has 0 spiro atoms. The number of rotatable bonds is 8. The first-order valence-corrected chi connectivity index (χ1v) is 7.99. The molecule has 1 N–H and O–H groups in total. The second-order valence-electron chi connectivity index (χ2n) is 6.46. The molecule has 21 heavy (non-hydrogen) atoms. The van der Waals surface area contributed by atoms with Crippen LogP contribution in [-0.2, 0) is 11.3 Å². The minimum Gasteiger partial charge on any atom is -0.407 e. The number of nitrogens with zero attached hydrogens (tertiary/aromatic N) is 3. The molecule has 6 heteroatoms. The molecule has 3 unspecified atom stereocenters. The molecule has 2 bridgehead atoms. The third kappa shape index (κ3) is 3.55. The first-order chi connectivity index (χ1) is 10.3. The predicted octanol–water partition coefficient (Wildman–Crippen LogP) is 1.68. The molecule has 3 rings (SSSR count). The Balaban J connectivity index is 1.46. The van der Waals surface area contributed by atoms with E-state index >= 15 is 0 Å². The number of hydrogen-bond donors (Lipinski definition) is 1. The average molecular weight is 294 g/mol. The van der Waals surface area contributed by atoms with E-state index < -0.39 is 0 Å². The van der Waals surface area contributed by atoms with E-state index in [4.69, 9.17) is 9.15 Å². The van der Waals surface area contributed by atoms with Crippen molar-refractivity contribution in [3.63, 3.8) is 0 Å². The van der Waals surface area contributed by atoms with Gasteiger partial charge in [-0.1, -0.05) is 11.5 Å². The van der Waals surface area contributed by atoms with Gasteiger partial charge in [0.1, 0.15) is 0 Å². The van der Waals surface area contributed by atoms with Crippen molar-refractivity contribution in [1.29, 1.82) is 0 Å². The van der Waals surface area contributed by atoms with E-state index in [-0.39, 0.29) is 0 Å². The SMILES string of the molecule is COCCNCc1nnc(N(C)CC2CC3CCC2C3)o1. The molecule has 118 valence electrons. The fourth-order valence-corrected chi connectivity index (χ4v) is 3.87. The molecule has 2 aliphatic carbocycles. The lowest BCUT2D eigenvalue weighted by atomic mass is 9.88. The third-order valence-corrected chi connectivity index (χ3v) is 4.93. The van der Waals surface area contributed by atoms with E-state index in [1.165, 1.54) is 25.7 Å². The van der Waals surface area contributed by atoms with E-state index in [0.717, 1.165) is 30.8 Å². The minimum absolute atomic E-state index is 0.596. The van der Waals surface area contributed by atoms with E-state index in [0.29, 0.717) is 25.1 Å². The largest absolute Gasteiger partial charge is 0.407 e. The first-order valence-electron chi connectivity index (χ1n) is 7.99. The first kappa shape index (κ1) is 14.8. The Morgan fingerprint density at radius 3 is 2.95 bits per heavy atom. The number of nitrogens with one attached hydrogen (secondary N) is 1. The Morgan fingerprint density at radius 1 is 1.33 bits per heavy atom. The maximum Gasteiger partial charge on any atom is 0.317 e. The van der Waals surface area contributed by atoms with Gasteiger partial charge in [-0.15, -0.1) is 5.10 Å². The molecular weight excluding hydrogens is 268 g/mol. The number of anilines is 1. The summed E-state index contributed by atoms with van der Waals surface area (Å²) in [7, 11) is 3.75. The summed E-state index contributed by atoms with van der Waals surface area (Å²) in [5.74, 6) is 3.36. The topological polar surface area (TPSA) is 63.4 Å². The molecular formula is C15H26N4O2. The second-order valence-corrected chi connectivity index (χ2v) is 6.46. The molecule has 2 saturated carbocycles. The van der Waals surface area contributed by atoms with Gasteiger partial charge in [0.05, 0.1) is 13.2 Å². The maximum atomic E-state index is 5.72. The van der Waals surface area contributed by atoms with Gasteiger partial charge in [0, 0.05) is 27.2 Å². The summed E-state index contributed by atoms with van der Waals surface area (Å²) in [4.78, 5) is 2.12. The van der Waals surface area contributed by atoms with Crippen LogP contribution in [0.4, 0.5) is 6.01 Å². The van der Waals surface area contributed by atoms with Crippen LogP contribution in [0.5, 0.6) is 0 Å². The zero-order valence-electron chi connectivity index (χ0n) is 13.0. The predicted molar refractivity (Wildman–Crippen MR) is 80.1 cm³/mol. The van der Waals surface area contributed by atoms with Crippen molar-refractivity contribution in [1.82, 2.24) is 15.5 Å². The molecule has 0 aromatic carbocycles. The lowest BCUT2D eigenvalue weighted by Gasteiger charge is -2.25. The fourth-order valence-electron chi connectivity index (χ4n) is 3.87. The van der Waals surface area contributed by atoms with E-state index in [1.54, 1.807) is 7.11 Å². The van der Waals surface area contributed by atoms with Crippen LogP contribution in [0.1, 0.15) is 31.6 Å². The smallest absolute Gasteiger partial charge is 0.317 e. The molecule has 2 fully saturated rings. The quantitative estimate of drug-likeness (QED) is 0.736. The summed E-state index contributed by atoms with van der Waals surface area (Å²) in [6, 6.07) is 0.640. The standard InChI is InChI=1S/C15H26N4O2/c1-19(10-13-8-11-3-4-12(13)7-11)15-18-17-14(21-15)9-16-5-6-20-2/h11-13,16H,3-10H2,1-2H3. The summed E-state index contributed by atoms with van der Waals surface area (Å²) in [5.41, 5.74) is 0. The molecule has 0 amide bonds. The van der Waals surface area contributed by atoms with Crippen LogP contribution in [0.25, 0.3) is 0 Å². The fraction of sp³-hybridized carbons (Fsp3) is 0.867.